The molecular formula is C14H12O4. The molecule has 18 heavy (non-hydrogen) atoms. The van der Waals surface area contributed by atoms with E-state index in [-0.39, 0.29) is 5.75 Å². The van der Waals surface area contributed by atoms with Crippen LogP contribution in [0, 0.1) is 0 Å². The Hall–Kier alpha value is -2.49. The number of rotatable bonds is 0. The van der Waals surface area contributed by atoms with Gasteiger partial charge in [0.25, 0.3) is 5.97 Å². The minimum Gasteiger partial charge on any atom is -0.508 e. The zero-order chi connectivity index (χ0) is 13.1. The molecule has 0 saturated carbocycles. The molecule has 0 bridgehead atoms. The average molecular weight is 244 g/mol. The molecule has 4 nitrogen and oxygen atoms in total. The topological polar surface area (TPSA) is 70.7 Å². The Morgan fingerprint density at radius 3 is 2.39 bits per heavy atom. The fraction of sp³-hybridized carbons (Fsp3) is 0.0714. The van der Waals surface area contributed by atoms with Crippen molar-refractivity contribution >= 4 is 27.9 Å². The lowest BCUT2D eigenvalue weighted by molar-refractivity contribution is -0.134. The Balaban J connectivity index is 0.000000267. The molecule has 0 spiro atoms. The van der Waals surface area contributed by atoms with E-state index in [1.165, 1.54) is 0 Å². The molecule has 3 aromatic rings. The van der Waals surface area contributed by atoms with Crippen molar-refractivity contribution in [1.82, 2.24) is 0 Å². The van der Waals surface area contributed by atoms with Crippen LogP contribution in [-0.2, 0) is 4.79 Å². The number of fused-ring (bicyclic) bond motifs is 3. The van der Waals surface area contributed by atoms with Crippen molar-refractivity contribution in [3.8, 4) is 5.75 Å². The van der Waals surface area contributed by atoms with Crippen LogP contribution >= 0.6 is 0 Å². The van der Waals surface area contributed by atoms with E-state index in [0.717, 1.165) is 28.9 Å². The van der Waals surface area contributed by atoms with E-state index >= 15 is 0 Å². The number of phenolic OH excluding ortho intramolecular Hbond substituents is 1. The minimum absolute atomic E-state index is 0.233. The van der Waals surface area contributed by atoms with Crippen LogP contribution < -0.4 is 0 Å². The second-order valence-corrected chi connectivity index (χ2v) is 3.80. The molecule has 0 radical (unpaired) electrons. The summed E-state index contributed by atoms with van der Waals surface area (Å²) in [7, 11) is 0. The zero-order valence-corrected chi connectivity index (χ0v) is 9.75. The molecular weight excluding hydrogens is 232 g/mol. The number of phenols is 1. The van der Waals surface area contributed by atoms with Gasteiger partial charge >= 0.3 is 0 Å². The third kappa shape index (κ3) is 2.43. The van der Waals surface area contributed by atoms with Crippen molar-refractivity contribution in [2.24, 2.45) is 0 Å². The van der Waals surface area contributed by atoms with E-state index in [1.54, 1.807) is 12.1 Å². The van der Waals surface area contributed by atoms with Gasteiger partial charge in [0.15, 0.2) is 0 Å². The summed E-state index contributed by atoms with van der Waals surface area (Å²) in [5.41, 5.74) is 1.58. The maximum Gasteiger partial charge on any atom is 0.300 e. The molecule has 1 heterocycles. The summed E-state index contributed by atoms with van der Waals surface area (Å²) in [6, 6.07) is 13.0. The molecule has 0 unspecified atom stereocenters. The van der Waals surface area contributed by atoms with Crippen LogP contribution in [0.25, 0.3) is 21.9 Å². The van der Waals surface area contributed by atoms with E-state index in [0.29, 0.717) is 0 Å². The summed E-state index contributed by atoms with van der Waals surface area (Å²) in [4.78, 5) is 9.00. The third-order valence-corrected chi connectivity index (χ3v) is 2.36. The summed E-state index contributed by atoms with van der Waals surface area (Å²) in [6.07, 6.45) is 0. The smallest absolute Gasteiger partial charge is 0.300 e. The Kier molecular flexibility index (Phi) is 3.19. The molecule has 0 atom stereocenters. The molecule has 2 aromatic carbocycles. The van der Waals surface area contributed by atoms with E-state index < -0.39 is 5.97 Å². The third-order valence-electron chi connectivity index (χ3n) is 2.36. The second-order valence-electron chi connectivity index (χ2n) is 3.80. The maximum absolute atomic E-state index is 9.30. The maximum atomic E-state index is 9.30. The summed E-state index contributed by atoms with van der Waals surface area (Å²) < 4.78 is 5.57. The molecule has 0 amide bonds. The molecule has 0 aliphatic carbocycles. The molecule has 1 aromatic heterocycles. The molecule has 92 valence electrons. The SMILES string of the molecule is CC(=O)O.Oc1ccc2c(c1)oc1ccccc12. The molecule has 3 rings (SSSR count). The van der Waals surface area contributed by atoms with Gasteiger partial charge in [0, 0.05) is 23.8 Å². The number of hydrogen-bond acceptors (Lipinski definition) is 3. The summed E-state index contributed by atoms with van der Waals surface area (Å²) >= 11 is 0. The van der Waals surface area contributed by atoms with Crippen LogP contribution in [0.1, 0.15) is 6.92 Å². The number of aromatic hydroxyl groups is 1. The van der Waals surface area contributed by atoms with Gasteiger partial charge in [-0.25, -0.2) is 0 Å². The molecule has 0 fully saturated rings. The average Bonchev–Trinajstić information content (AvgIpc) is 2.65. The first kappa shape index (κ1) is 12.0. The van der Waals surface area contributed by atoms with E-state index in [2.05, 4.69) is 0 Å². The van der Waals surface area contributed by atoms with Gasteiger partial charge in [-0.05, 0) is 18.2 Å². The highest BCUT2D eigenvalue weighted by Crippen LogP contribution is 2.30. The van der Waals surface area contributed by atoms with Gasteiger partial charge in [-0.2, -0.15) is 0 Å². The van der Waals surface area contributed by atoms with E-state index in [1.807, 2.05) is 30.3 Å². The van der Waals surface area contributed by atoms with Gasteiger partial charge in [0.2, 0.25) is 0 Å². The first-order chi connectivity index (χ1) is 8.58. The van der Waals surface area contributed by atoms with E-state index in [4.69, 9.17) is 14.3 Å². The Morgan fingerprint density at radius 2 is 1.67 bits per heavy atom. The number of aliphatic carboxylic acids is 1. The van der Waals surface area contributed by atoms with Crippen LogP contribution in [-0.4, -0.2) is 16.2 Å². The molecule has 0 aliphatic heterocycles. The van der Waals surface area contributed by atoms with Crippen molar-refractivity contribution in [3.63, 3.8) is 0 Å². The molecule has 0 saturated heterocycles. The lowest BCUT2D eigenvalue weighted by atomic mass is 10.1. The Morgan fingerprint density at radius 1 is 1.06 bits per heavy atom. The van der Waals surface area contributed by atoms with E-state index in [9.17, 15) is 5.11 Å². The highest BCUT2D eigenvalue weighted by Gasteiger charge is 2.05. The van der Waals surface area contributed by atoms with Gasteiger partial charge in [-0.15, -0.1) is 0 Å². The number of carboxylic acid groups (broad SMARTS) is 1. The fourth-order valence-corrected chi connectivity index (χ4v) is 1.71. The quantitative estimate of drug-likeness (QED) is 0.636. The number of hydrogen-bond donors (Lipinski definition) is 2. The summed E-state index contributed by atoms with van der Waals surface area (Å²) in [6.45, 7) is 1.08. The predicted octanol–water partition coefficient (Wildman–Crippen LogP) is 3.38. The zero-order valence-electron chi connectivity index (χ0n) is 9.75. The van der Waals surface area contributed by atoms with Crippen LogP contribution in [0.4, 0.5) is 0 Å². The molecule has 0 aliphatic rings. The van der Waals surface area contributed by atoms with Gasteiger partial charge in [0.1, 0.15) is 16.9 Å². The lowest BCUT2D eigenvalue weighted by Gasteiger charge is -1.89. The number of carbonyl (C=O) groups is 1. The van der Waals surface area contributed by atoms with Crippen LogP contribution in [0.2, 0.25) is 0 Å². The predicted molar refractivity (Wildman–Crippen MR) is 68.7 cm³/mol. The van der Waals surface area contributed by atoms with Gasteiger partial charge in [-0.1, -0.05) is 18.2 Å². The van der Waals surface area contributed by atoms with Crippen molar-refractivity contribution in [1.29, 1.82) is 0 Å². The standard InChI is InChI=1S/C12H8O2.C2H4O2/c13-8-5-6-10-9-3-1-2-4-11(9)14-12(10)7-8;1-2(3)4/h1-7,13H;1H3,(H,3,4). The number of carboxylic acids is 1. The lowest BCUT2D eigenvalue weighted by Crippen LogP contribution is -1.78. The number of para-hydroxylation sites is 1. The molecule has 4 heteroatoms. The number of furan rings is 1. The van der Waals surface area contributed by atoms with Gasteiger partial charge in [0.05, 0.1) is 0 Å². The monoisotopic (exact) mass is 244 g/mol. The first-order valence-corrected chi connectivity index (χ1v) is 5.37. The summed E-state index contributed by atoms with van der Waals surface area (Å²) in [5, 5.41) is 18.8. The van der Waals surface area contributed by atoms with Crippen LogP contribution in [0.15, 0.2) is 46.9 Å². The van der Waals surface area contributed by atoms with Crippen molar-refractivity contribution < 1.29 is 19.4 Å². The summed E-state index contributed by atoms with van der Waals surface area (Å²) in [5.74, 6) is -0.600. The van der Waals surface area contributed by atoms with Crippen molar-refractivity contribution in [2.75, 3.05) is 0 Å². The number of benzene rings is 2. The normalized spacial score (nSPS) is 10.1. The van der Waals surface area contributed by atoms with Crippen molar-refractivity contribution in [3.05, 3.63) is 42.5 Å². The van der Waals surface area contributed by atoms with Gasteiger partial charge in [-0.3, -0.25) is 4.79 Å². The highest BCUT2D eigenvalue weighted by molar-refractivity contribution is 6.05. The van der Waals surface area contributed by atoms with Crippen molar-refractivity contribution in [2.45, 2.75) is 6.92 Å². The minimum atomic E-state index is -0.833. The Bertz CT molecular complexity index is 693. The largest absolute Gasteiger partial charge is 0.508 e. The first-order valence-electron chi connectivity index (χ1n) is 5.37. The van der Waals surface area contributed by atoms with Crippen LogP contribution in [0.5, 0.6) is 5.75 Å². The molecule has 2 N–H and O–H groups in total. The second kappa shape index (κ2) is 4.79. The van der Waals surface area contributed by atoms with Crippen LogP contribution in [0.3, 0.4) is 0 Å². The van der Waals surface area contributed by atoms with Gasteiger partial charge < -0.3 is 14.6 Å². The Labute approximate surface area is 103 Å². The fourth-order valence-electron chi connectivity index (χ4n) is 1.71. The highest BCUT2D eigenvalue weighted by atomic mass is 16.4.